The maximum Gasteiger partial charge on any atom is 0.200 e. The summed E-state index contributed by atoms with van der Waals surface area (Å²) in [7, 11) is 0. The van der Waals surface area contributed by atoms with Gasteiger partial charge in [0.15, 0.2) is 17.8 Å². The fourth-order valence-corrected chi connectivity index (χ4v) is 3.74. The Hall–Kier alpha value is -1.62. The van der Waals surface area contributed by atoms with Crippen LogP contribution in [0.25, 0.3) is 0 Å². The first-order valence-electron chi connectivity index (χ1n) is 9.54. The van der Waals surface area contributed by atoms with Gasteiger partial charge in [0, 0.05) is 5.56 Å². The number of aromatic hydroxyl groups is 3. The number of phenolic OH excluding ortho intramolecular Hbond substituents is 3. The first-order valence-corrected chi connectivity index (χ1v) is 9.54. The number of benzene rings is 1. The number of hydrogen-bond donors (Lipinski definition) is 7. The molecule has 1 aliphatic carbocycles. The minimum absolute atomic E-state index is 0.134. The Morgan fingerprint density at radius 1 is 1.00 bits per heavy atom. The largest absolute Gasteiger partial charge is 0.504 e. The monoisotopic (exact) mass is 400 g/mol. The number of aryl methyl sites for hydroxylation is 1. The average Bonchev–Trinajstić information content (AvgIpc) is 2.64. The molecule has 0 spiro atoms. The summed E-state index contributed by atoms with van der Waals surface area (Å²) in [5.74, 6) is -1.03. The summed E-state index contributed by atoms with van der Waals surface area (Å²) in [6, 6.07) is 1.44. The molecule has 9 heteroatoms. The zero-order chi connectivity index (χ0) is 20.4. The normalized spacial score (nSPS) is 30.9. The molecule has 1 saturated carbocycles. The molecule has 2 fully saturated rings. The van der Waals surface area contributed by atoms with Gasteiger partial charge in [-0.15, -0.1) is 0 Å². The van der Waals surface area contributed by atoms with Crippen molar-refractivity contribution >= 4 is 0 Å². The molecule has 3 unspecified atom stereocenters. The van der Waals surface area contributed by atoms with Crippen LogP contribution in [-0.2, 0) is 15.9 Å². The summed E-state index contributed by atoms with van der Waals surface area (Å²) < 4.78 is 10.7. The van der Waals surface area contributed by atoms with E-state index in [0.29, 0.717) is 18.4 Å². The van der Waals surface area contributed by atoms with Gasteiger partial charge in [-0.25, -0.2) is 0 Å². The van der Waals surface area contributed by atoms with E-state index in [1.807, 2.05) is 0 Å². The summed E-state index contributed by atoms with van der Waals surface area (Å²) in [5.41, 5.74) is 1.37. The molecule has 0 radical (unpaired) electrons. The second-order valence-corrected chi connectivity index (χ2v) is 7.47. The lowest BCUT2D eigenvalue weighted by Crippen LogP contribution is -2.59. The average molecular weight is 400 g/mol. The molecule has 0 aromatic heterocycles. The highest BCUT2D eigenvalue weighted by molar-refractivity contribution is 5.58. The third-order valence-corrected chi connectivity index (χ3v) is 5.61. The van der Waals surface area contributed by atoms with E-state index < -0.39 is 43.1 Å². The molecular formula is C19H28O9. The molecule has 9 nitrogen and oxygen atoms in total. The van der Waals surface area contributed by atoms with Crippen LogP contribution < -0.4 is 0 Å². The van der Waals surface area contributed by atoms with Crippen LogP contribution in [0.3, 0.4) is 0 Å². The SMILES string of the molecule is OCC1O[C@@H](OCCCc2cc(O)c(O)c(O)c2C2CCC2)C(O)C(O)[C@@H]1O. The van der Waals surface area contributed by atoms with Crippen LogP contribution in [0.1, 0.15) is 42.7 Å². The lowest BCUT2D eigenvalue weighted by atomic mass is 9.77. The van der Waals surface area contributed by atoms with Crippen molar-refractivity contribution in [2.45, 2.75) is 68.7 Å². The predicted molar refractivity (Wildman–Crippen MR) is 96.1 cm³/mol. The van der Waals surface area contributed by atoms with Gasteiger partial charge in [0.1, 0.15) is 24.4 Å². The van der Waals surface area contributed by atoms with Crippen LogP contribution >= 0.6 is 0 Å². The van der Waals surface area contributed by atoms with E-state index in [1.165, 1.54) is 6.07 Å². The highest BCUT2D eigenvalue weighted by Gasteiger charge is 2.43. The minimum atomic E-state index is -1.49. The van der Waals surface area contributed by atoms with E-state index >= 15 is 0 Å². The molecule has 1 aliphatic heterocycles. The van der Waals surface area contributed by atoms with E-state index in [0.717, 1.165) is 24.8 Å². The van der Waals surface area contributed by atoms with Crippen LogP contribution in [-0.4, -0.2) is 79.7 Å². The third-order valence-electron chi connectivity index (χ3n) is 5.61. The minimum Gasteiger partial charge on any atom is -0.504 e. The molecule has 158 valence electrons. The molecule has 28 heavy (non-hydrogen) atoms. The summed E-state index contributed by atoms with van der Waals surface area (Å²) in [6.45, 7) is -0.392. The van der Waals surface area contributed by atoms with E-state index in [4.69, 9.17) is 9.47 Å². The molecule has 5 atom stereocenters. The molecule has 1 heterocycles. The van der Waals surface area contributed by atoms with Crippen LogP contribution in [0, 0.1) is 0 Å². The van der Waals surface area contributed by atoms with E-state index in [9.17, 15) is 35.7 Å². The molecular weight excluding hydrogens is 372 g/mol. The van der Waals surface area contributed by atoms with Crippen LogP contribution in [0.5, 0.6) is 17.2 Å². The van der Waals surface area contributed by atoms with Gasteiger partial charge in [-0.05, 0) is 43.2 Å². The number of rotatable bonds is 7. The van der Waals surface area contributed by atoms with Crippen molar-refractivity contribution in [3.8, 4) is 17.2 Å². The summed E-state index contributed by atoms with van der Waals surface area (Å²) in [6.07, 6.45) is -2.83. The van der Waals surface area contributed by atoms with Crippen molar-refractivity contribution in [1.29, 1.82) is 0 Å². The first kappa shape index (κ1) is 21.1. The van der Waals surface area contributed by atoms with Gasteiger partial charge in [0.05, 0.1) is 13.2 Å². The highest BCUT2D eigenvalue weighted by atomic mass is 16.7. The molecule has 2 aliphatic rings. The topological polar surface area (TPSA) is 160 Å². The fraction of sp³-hybridized carbons (Fsp3) is 0.684. The van der Waals surface area contributed by atoms with Gasteiger partial charge in [-0.1, -0.05) is 6.42 Å². The number of ether oxygens (including phenoxy) is 2. The van der Waals surface area contributed by atoms with Gasteiger partial charge in [0.2, 0.25) is 5.75 Å². The second kappa shape index (κ2) is 8.81. The summed E-state index contributed by atoms with van der Waals surface area (Å²) in [4.78, 5) is 0. The van der Waals surface area contributed by atoms with Crippen LogP contribution in [0.15, 0.2) is 6.07 Å². The Morgan fingerprint density at radius 3 is 2.32 bits per heavy atom. The van der Waals surface area contributed by atoms with Gasteiger partial charge in [-0.2, -0.15) is 0 Å². The van der Waals surface area contributed by atoms with Crippen molar-refractivity contribution in [2.75, 3.05) is 13.2 Å². The van der Waals surface area contributed by atoms with Gasteiger partial charge >= 0.3 is 0 Å². The molecule has 0 bridgehead atoms. The van der Waals surface area contributed by atoms with E-state index in [1.54, 1.807) is 0 Å². The van der Waals surface area contributed by atoms with Crippen LogP contribution in [0.2, 0.25) is 0 Å². The molecule has 3 rings (SSSR count). The zero-order valence-electron chi connectivity index (χ0n) is 15.4. The maximum atomic E-state index is 10.2. The van der Waals surface area contributed by atoms with E-state index in [2.05, 4.69) is 0 Å². The molecule has 1 aromatic carbocycles. The number of phenols is 3. The van der Waals surface area contributed by atoms with Crippen molar-refractivity contribution in [3.05, 3.63) is 17.2 Å². The van der Waals surface area contributed by atoms with Crippen molar-refractivity contribution in [3.63, 3.8) is 0 Å². The fourth-order valence-electron chi connectivity index (χ4n) is 3.74. The Morgan fingerprint density at radius 2 is 1.71 bits per heavy atom. The predicted octanol–water partition coefficient (Wildman–Crippen LogP) is -0.180. The van der Waals surface area contributed by atoms with Crippen molar-refractivity contribution in [1.82, 2.24) is 0 Å². The molecule has 0 amide bonds. The Labute approximate surface area is 162 Å². The first-order chi connectivity index (χ1) is 13.3. The third kappa shape index (κ3) is 4.05. The van der Waals surface area contributed by atoms with Crippen molar-refractivity contribution < 1.29 is 45.2 Å². The molecule has 1 aromatic rings. The number of aliphatic hydroxyl groups excluding tert-OH is 4. The smallest absolute Gasteiger partial charge is 0.200 e. The molecule has 7 N–H and O–H groups in total. The Balaban J connectivity index is 1.59. The number of aliphatic hydroxyl groups is 4. The standard InChI is InChI=1S/C19H28O9/c20-8-12-15(23)17(25)18(26)19(28-12)27-6-2-5-10-7-11(21)14(22)16(24)13(10)9-3-1-4-9/h7,9,12,15,17-26H,1-6,8H2/t12?,15-,17?,18?,19-/m1/s1. The zero-order valence-corrected chi connectivity index (χ0v) is 15.4. The quantitative estimate of drug-likeness (QED) is 0.243. The highest BCUT2D eigenvalue weighted by Crippen LogP contribution is 2.48. The summed E-state index contributed by atoms with van der Waals surface area (Å²) >= 11 is 0. The van der Waals surface area contributed by atoms with Crippen molar-refractivity contribution in [2.24, 2.45) is 0 Å². The lowest BCUT2D eigenvalue weighted by Gasteiger charge is -2.39. The lowest BCUT2D eigenvalue weighted by molar-refractivity contribution is -0.301. The number of hydrogen-bond acceptors (Lipinski definition) is 9. The summed E-state index contributed by atoms with van der Waals surface area (Å²) in [5, 5.41) is 68.5. The maximum absolute atomic E-state index is 10.2. The Kier molecular flexibility index (Phi) is 6.64. The van der Waals surface area contributed by atoms with E-state index in [-0.39, 0.29) is 24.0 Å². The molecule has 1 saturated heterocycles. The van der Waals surface area contributed by atoms with Gasteiger partial charge < -0.3 is 45.2 Å². The Bertz CT molecular complexity index is 674. The second-order valence-electron chi connectivity index (χ2n) is 7.47. The van der Waals surface area contributed by atoms with Gasteiger partial charge in [-0.3, -0.25) is 0 Å². The van der Waals surface area contributed by atoms with Gasteiger partial charge in [0.25, 0.3) is 0 Å². The van der Waals surface area contributed by atoms with Crippen LogP contribution in [0.4, 0.5) is 0 Å².